The van der Waals surface area contributed by atoms with Crippen LogP contribution in [0.25, 0.3) is 6.08 Å². The maximum absolute atomic E-state index is 13.0. The van der Waals surface area contributed by atoms with Gasteiger partial charge in [0.25, 0.3) is 0 Å². The van der Waals surface area contributed by atoms with Gasteiger partial charge in [0.1, 0.15) is 0 Å². The maximum Gasteiger partial charge on any atom is 0.0877 e. The lowest BCUT2D eigenvalue weighted by atomic mass is 10.1. The molecule has 1 aromatic rings. The Morgan fingerprint density at radius 2 is 1.38 bits per heavy atom. The third kappa shape index (κ3) is 10.1. The minimum atomic E-state index is -1.87. The van der Waals surface area contributed by atoms with E-state index in [1.165, 1.54) is 37.7 Å². The van der Waals surface area contributed by atoms with E-state index in [0.717, 1.165) is 44.2 Å². The molecule has 0 N–H and O–H groups in total. The Kier molecular flexibility index (Phi) is 11.9. The van der Waals surface area contributed by atoms with Crippen LogP contribution >= 0.6 is 7.14 Å². The maximum atomic E-state index is 13.0. The van der Waals surface area contributed by atoms with E-state index in [0.29, 0.717) is 0 Å². The normalized spacial score (nSPS) is 12.1. The summed E-state index contributed by atoms with van der Waals surface area (Å²) in [5.74, 6) is 0. The van der Waals surface area contributed by atoms with Crippen molar-refractivity contribution in [3.05, 3.63) is 42.0 Å². The van der Waals surface area contributed by atoms with Gasteiger partial charge in [0.2, 0.25) is 0 Å². The standard InChI is InChI=1S/C22H37OP/c1-3-5-19-24(23,20-6-4-2)21-15-10-8-7-9-12-16-22-17-13-11-14-18-22/h11-14,16-18H,3-10,15,19-21H2,1-2H3. The number of hydrogen-bond acceptors (Lipinski definition) is 1. The first-order chi connectivity index (χ1) is 11.7. The van der Waals surface area contributed by atoms with Crippen LogP contribution in [0.3, 0.4) is 0 Å². The Hall–Kier alpha value is -0.810. The van der Waals surface area contributed by atoms with Crippen LogP contribution in [0, 0.1) is 0 Å². The van der Waals surface area contributed by atoms with Crippen LogP contribution in [-0.4, -0.2) is 18.5 Å². The summed E-state index contributed by atoms with van der Waals surface area (Å²) in [5.41, 5.74) is 1.28. The lowest BCUT2D eigenvalue weighted by Gasteiger charge is -2.17. The van der Waals surface area contributed by atoms with E-state index in [2.05, 4.69) is 56.3 Å². The summed E-state index contributed by atoms with van der Waals surface area (Å²) in [6, 6.07) is 10.5. The molecule has 0 bridgehead atoms. The molecule has 0 heterocycles. The minimum absolute atomic E-state index is 0.989. The highest BCUT2D eigenvalue weighted by molar-refractivity contribution is 7.63. The van der Waals surface area contributed by atoms with E-state index < -0.39 is 7.14 Å². The molecule has 2 heteroatoms. The van der Waals surface area contributed by atoms with Crippen LogP contribution in [0.15, 0.2) is 36.4 Å². The van der Waals surface area contributed by atoms with Gasteiger partial charge in [0.15, 0.2) is 0 Å². The number of hydrogen-bond donors (Lipinski definition) is 0. The molecule has 0 fully saturated rings. The highest BCUT2D eigenvalue weighted by Crippen LogP contribution is 2.48. The smallest absolute Gasteiger partial charge is 0.0877 e. The molecule has 24 heavy (non-hydrogen) atoms. The molecular weight excluding hydrogens is 311 g/mol. The lowest BCUT2D eigenvalue weighted by molar-refractivity contribution is 0.564. The first kappa shape index (κ1) is 21.2. The van der Waals surface area contributed by atoms with Gasteiger partial charge in [-0.25, -0.2) is 0 Å². The topological polar surface area (TPSA) is 17.1 Å². The van der Waals surface area contributed by atoms with Crippen molar-refractivity contribution in [1.29, 1.82) is 0 Å². The average molecular weight is 349 g/mol. The third-order valence-corrected chi connectivity index (χ3v) is 8.03. The summed E-state index contributed by atoms with van der Waals surface area (Å²) in [5, 5.41) is 0. The molecule has 0 saturated carbocycles. The third-order valence-electron chi connectivity index (χ3n) is 4.63. The van der Waals surface area contributed by atoms with Gasteiger partial charge >= 0.3 is 0 Å². The number of rotatable bonds is 14. The minimum Gasteiger partial charge on any atom is -0.324 e. The summed E-state index contributed by atoms with van der Waals surface area (Å²) in [7, 11) is -1.87. The van der Waals surface area contributed by atoms with Gasteiger partial charge in [-0.15, -0.1) is 0 Å². The van der Waals surface area contributed by atoms with Crippen molar-refractivity contribution in [2.24, 2.45) is 0 Å². The molecule has 0 saturated heterocycles. The molecule has 0 aromatic heterocycles. The van der Waals surface area contributed by atoms with Crippen molar-refractivity contribution in [2.45, 2.75) is 71.6 Å². The Morgan fingerprint density at radius 1 is 0.792 bits per heavy atom. The zero-order chi connectivity index (χ0) is 17.5. The van der Waals surface area contributed by atoms with E-state index in [1.54, 1.807) is 0 Å². The van der Waals surface area contributed by atoms with Crippen LogP contribution in [0.2, 0.25) is 0 Å². The molecule has 0 spiro atoms. The molecule has 0 aliphatic rings. The summed E-state index contributed by atoms with van der Waals surface area (Å²) < 4.78 is 13.0. The lowest BCUT2D eigenvalue weighted by Crippen LogP contribution is -2.01. The van der Waals surface area contributed by atoms with Gasteiger partial charge in [-0.1, -0.05) is 82.0 Å². The van der Waals surface area contributed by atoms with Crippen molar-refractivity contribution in [2.75, 3.05) is 18.5 Å². The van der Waals surface area contributed by atoms with Crippen LogP contribution < -0.4 is 0 Å². The molecule has 136 valence electrons. The second kappa shape index (κ2) is 13.5. The highest BCUT2D eigenvalue weighted by Gasteiger charge is 2.19. The first-order valence-corrected chi connectivity index (χ1v) is 12.2. The molecule has 0 radical (unpaired) electrons. The fourth-order valence-corrected chi connectivity index (χ4v) is 6.28. The summed E-state index contributed by atoms with van der Waals surface area (Å²) in [4.78, 5) is 0. The van der Waals surface area contributed by atoms with Crippen molar-refractivity contribution < 1.29 is 4.57 Å². The second-order valence-corrected chi connectivity index (χ2v) is 10.4. The summed E-state index contributed by atoms with van der Waals surface area (Å²) in [6.45, 7) is 4.40. The Labute approximate surface area is 150 Å². The van der Waals surface area contributed by atoms with Crippen molar-refractivity contribution in [3.8, 4) is 0 Å². The van der Waals surface area contributed by atoms with Gasteiger partial charge < -0.3 is 4.57 Å². The second-order valence-electron chi connectivity index (χ2n) is 6.95. The van der Waals surface area contributed by atoms with Gasteiger partial charge in [-0.05, 0) is 37.7 Å². The Balaban J connectivity index is 2.14. The van der Waals surface area contributed by atoms with Gasteiger partial charge in [0, 0.05) is 18.5 Å². The van der Waals surface area contributed by atoms with Crippen molar-refractivity contribution >= 4 is 13.2 Å². The van der Waals surface area contributed by atoms with E-state index in [4.69, 9.17) is 0 Å². The van der Waals surface area contributed by atoms with Crippen LogP contribution in [0.5, 0.6) is 0 Å². The van der Waals surface area contributed by atoms with Gasteiger partial charge in [-0.3, -0.25) is 0 Å². The quantitative estimate of drug-likeness (QED) is 0.250. The Morgan fingerprint density at radius 3 is 2.00 bits per heavy atom. The predicted octanol–water partition coefficient (Wildman–Crippen LogP) is 7.61. The van der Waals surface area contributed by atoms with Crippen LogP contribution in [-0.2, 0) is 4.57 Å². The zero-order valence-corrected chi connectivity index (χ0v) is 16.8. The summed E-state index contributed by atoms with van der Waals surface area (Å²) in [6.07, 6.45) is 18.2. The molecule has 0 aliphatic heterocycles. The largest absolute Gasteiger partial charge is 0.324 e. The van der Waals surface area contributed by atoms with E-state index in [1.807, 2.05) is 0 Å². The predicted molar refractivity (Wildman–Crippen MR) is 111 cm³/mol. The fourth-order valence-electron chi connectivity index (χ4n) is 3.03. The van der Waals surface area contributed by atoms with E-state index in [-0.39, 0.29) is 0 Å². The Bertz CT molecular complexity index is 466. The molecule has 1 rings (SSSR count). The number of benzene rings is 1. The number of unbranched alkanes of at least 4 members (excludes halogenated alkanes) is 6. The molecule has 0 atom stereocenters. The molecule has 1 aromatic carbocycles. The van der Waals surface area contributed by atoms with Crippen molar-refractivity contribution in [3.63, 3.8) is 0 Å². The summed E-state index contributed by atoms with van der Waals surface area (Å²) >= 11 is 0. The SMILES string of the molecule is CCCCP(=O)(CCCC)CCCCCCC=Cc1ccccc1. The van der Waals surface area contributed by atoms with Gasteiger partial charge in [0.05, 0.1) is 7.14 Å². The van der Waals surface area contributed by atoms with Crippen LogP contribution in [0.1, 0.15) is 77.2 Å². The first-order valence-electron chi connectivity index (χ1n) is 9.99. The fraction of sp³-hybridized carbons (Fsp3) is 0.636. The van der Waals surface area contributed by atoms with Crippen molar-refractivity contribution in [1.82, 2.24) is 0 Å². The zero-order valence-electron chi connectivity index (χ0n) is 15.9. The average Bonchev–Trinajstić information content (AvgIpc) is 2.61. The molecule has 0 aliphatic carbocycles. The molecule has 0 amide bonds. The molecular formula is C22H37OP. The van der Waals surface area contributed by atoms with E-state index >= 15 is 0 Å². The molecule has 1 nitrogen and oxygen atoms in total. The van der Waals surface area contributed by atoms with Gasteiger partial charge in [-0.2, -0.15) is 0 Å². The van der Waals surface area contributed by atoms with Crippen LogP contribution in [0.4, 0.5) is 0 Å². The number of allylic oxidation sites excluding steroid dienone is 1. The highest BCUT2D eigenvalue weighted by atomic mass is 31.2. The van der Waals surface area contributed by atoms with E-state index in [9.17, 15) is 4.57 Å². The molecule has 0 unspecified atom stereocenters. The monoisotopic (exact) mass is 348 g/mol.